The Labute approximate surface area is 175 Å². The molecule has 0 aliphatic carbocycles. The van der Waals surface area contributed by atoms with E-state index >= 15 is 0 Å². The maximum Gasteiger partial charge on any atom is 0.238 e. The summed E-state index contributed by atoms with van der Waals surface area (Å²) in [5.41, 5.74) is 0.722. The number of carbonyl (C=O) groups is 1. The first-order valence-corrected chi connectivity index (χ1v) is 11.1. The van der Waals surface area contributed by atoms with Crippen LogP contribution >= 0.6 is 11.8 Å². The first-order valence-electron chi connectivity index (χ1n) is 10.2. The summed E-state index contributed by atoms with van der Waals surface area (Å²) in [5, 5.41) is 12.8. The number of thioether (sulfide) groups is 1. The van der Waals surface area contributed by atoms with E-state index in [0.29, 0.717) is 24.0 Å². The number of amides is 1. The Hall–Kier alpha value is -2.26. The largest absolute Gasteiger partial charge is 0.454 e. The molecule has 1 fully saturated rings. The zero-order chi connectivity index (χ0) is 20.2. The molecule has 1 saturated heterocycles. The Morgan fingerprint density at radius 2 is 2.14 bits per heavy atom. The number of hydrogen-bond acceptors (Lipinski definition) is 7. The zero-order valence-corrected chi connectivity index (χ0v) is 17.7. The van der Waals surface area contributed by atoms with Gasteiger partial charge in [0.15, 0.2) is 16.7 Å². The van der Waals surface area contributed by atoms with Crippen LogP contribution in [0.1, 0.15) is 38.4 Å². The number of piperidine rings is 1. The van der Waals surface area contributed by atoms with E-state index < -0.39 is 0 Å². The van der Waals surface area contributed by atoms with Crippen molar-refractivity contribution in [1.82, 2.24) is 19.7 Å². The van der Waals surface area contributed by atoms with Crippen molar-refractivity contribution in [2.24, 2.45) is 0 Å². The normalized spacial score (nSPS) is 18.8. The molecule has 3 heterocycles. The Balaban J connectivity index is 1.37. The summed E-state index contributed by atoms with van der Waals surface area (Å²) in [6.45, 7) is 7.45. The molecule has 9 heteroatoms. The van der Waals surface area contributed by atoms with Crippen molar-refractivity contribution in [1.29, 1.82) is 0 Å². The minimum Gasteiger partial charge on any atom is -0.454 e. The number of rotatable bonds is 7. The molecule has 0 unspecified atom stereocenters. The third-order valence-corrected chi connectivity index (χ3v) is 6.08. The van der Waals surface area contributed by atoms with Gasteiger partial charge in [0.05, 0.1) is 6.54 Å². The highest BCUT2D eigenvalue weighted by Gasteiger charge is 2.27. The Morgan fingerprint density at radius 3 is 2.97 bits per heavy atom. The van der Waals surface area contributed by atoms with Crippen LogP contribution in [0.4, 0.5) is 5.69 Å². The van der Waals surface area contributed by atoms with Crippen LogP contribution in [0.3, 0.4) is 0 Å². The molecular weight excluding hydrogens is 390 g/mol. The van der Waals surface area contributed by atoms with Gasteiger partial charge >= 0.3 is 0 Å². The fourth-order valence-electron chi connectivity index (χ4n) is 3.92. The van der Waals surface area contributed by atoms with Gasteiger partial charge in [0, 0.05) is 30.8 Å². The second-order valence-corrected chi connectivity index (χ2v) is 8.44. The molecule has 0 spiro atoms. The molecule has 1 atom stereocenters. The zero-order valence-electron chi connectivity index (χ0n) is 16.9. The van der Waals surface area contributed by atoms with E-state index in [2.05, 4.69) is 38.8 Å². The molecule has 2 aliphatic heterocycles. The number of nitrogens with zero attached hydrogens (tertiary/aromatic N) is 4. The lowest BCUT2D eigenvalue weighted by molar-refractivity contribution is -0.117. The van der Waals surface area contributed by atoms with Gasteiger partial charge < -0.3 is 19.4 Å². The molecule has 1 N–H and O–H groups in total. The Bertz CT molecular complexity index is 872. The number of ether oxygens (including phenoxy) is 2. The molecule has 0 bridgehead atoms. The topological polar surface area (TPSA) is 81.5 Å². The van der Waals surface area contributed by atoms with Gasteiger partial charge in [-0.25, -0.2) is 0 Å². The predicted molar refractivity (Wildman–Crippen MR) is 112 cm³/mol. The average molecular weight is 418 g/mol. The molecule has 2 aliphatic rings. The number of aromatic nitrogens is 3. The Kier molecular flexibility index (Phi) is 6.25. The number of carbonyl (C=O) groups excluding carboxylic acids is 1. The van der Waals surface area contributed by atoms with Gasteiger partial charge in [-0.15, -0.1) is 10.2 Å². The van der Waals surface area contributed by atoms with E-state index in [4.69, 9.17) is 9.47 Å². The maximum atomic E-state index is 12.6. The molecule has 29 heavy (non-hydrogen) atoms. The van der Waals surface area contributed by atoms with E-state index in [9.17, 15) is 4.79 Å². The number of nitrogens with one attached hydrogen (secondary N) is 1. The third-order valence-electron chi connectivity index (χ3n) is 5.23. The van der Waals surface area contributed by atoms with Crippen molar-refractivity contribution >= 4 is 23.4 Å². The summed E-state index contributed by atoms with van der Waals surface area (Å²) in [6.07, 6.45) is 2.13. The van der Waals surface area contributed by atoms with Crippen LogP contribution in [0, 0.1) is 0 Å². The molecule has 1 amide bonds. The van der Waals surface area contributed by atoms with Gasteiger partial charge in [-0.05, 0) is 44.2 Å². The highest BCUT2D eigenvalue weighted by molar-refractivity contribution is 7.99. The van der Waals surface area contributed by atoms with E-state index in [1.807, 2.05) is 12.1 Å². The predicted octanol–water partition coefficient (Wildman–Crippen LogP) is 2.96. The van der Waals surface area contributed by atoms with E-state index in [1.165, 1.54) is 0 Å². The van der Waals surface area contributed by atoms with Gasteiger partial charge in [-0.1, -0.05) is 18.7 Å². The van der Waals surface area contributed by atoms with E-state index in [0.717, 1.165) is 54.9 Å². The summed E-state index contributed by atoms with van der Waals surface area (Å²) in [6, 6.07) is 5.45. The number of benzene rings is 1. The monoisotopic (exact) mass is 417 g/mol. The summed E-state index contributed by atoms with van der Waals surface area (Å²) in [4.78, 5) is 14.8. The summed E-state index contributed by atoms with van der Waals surface area (Å²) in [5.74, 6) is 3.69. The minimum atomic E-state index is -0.0244. The second-order valence-electron chi connectivity index (χ2n) is 7.21. The molecule has 4 rings (SSSR count). The van der Waals surface area contributed by atoms with Gasteiger partial charge in [-0.3, -0.25) is 9.69 Å². The van der Waals surface area contributed by atoms with Crippen LogP contribution in [0.25, 0.3) is 0 Å². The Morgan fingerprint density at radius 1 is 1.28 bits per heavy atom. The van der Waals surface area contributed by atoms with E-state index in [1.54, 1.807) is 17.8 Å². The highest BCUT2D eigenvalue weighted by atomic mass is 32.2. The first-order chi connectivity index (χ1) is 14.2. The summed E-state index contributed by atoms with van der Waals surface area (Å²) >= 11 is 1.72. The molecule has 8 nitrogen and oxygen atoms in total. The lowest BCUT2D eigenvalue weighted by Crippen LogP contribution is -2.40. The van der Waals surface area contributed by atoms with Gasteiger partial charge in [0.1, 0.15) is 5.82 Å². The van der Waals surface area contributed by atoms with Gasteiger partial charge in [0.2, 0.25) is 12.7 Å². The number of likely N-dealkylation sites (tertiary alicyclic amines) is 1. The van der Waals surface area contributed by atoms with Crippen molar-refractivity contribution in [2.45, 2.75) is 44.3 Å². The van der Waals surface area contributed by atoms with Crippen LogP contribution in [0.15, 0.2) is 23.4 Å². The standard InChI is InChI=1S/C20H27N5O3S/c1-3-25-19(22-23-20(25)29-4-2)14-6-5-9-24(11-14)12-18(26)21-15-7-8-16-17(10-15)28-13-27-16/h7-8,10,14H,3-6,9,11-13H2,1-2H3,(H,21,26)/t14-/m1/s1. The fraction of sp³-hybridized carbons (Fsp3) is 0.550. The van der Waals surface area contributed by atoms with E-state index in [-0.39, 0.29) is 12.7 Å². The second kappa shape index (κ2) is 9.04. The molecule has 2 aromatic rings. The van der Waals surface area contributed by atoms with Crippen molar-refractivity contribution in [3.63, 3.8) is 0 Å². The molecule has 1 aromatic heterocycles. The van der Waals surface area contributed by atoms with Gasteiger partial charge in [-0.2, -0.15) is 0 Å². The van der Waals surface area contributed by atoms with Crippen LogP contribution in [0.2, 0.25) is 0 Å². The smallest absolute Gasteiger partial charge is 0.238 e. The molecule has 156 valence electrons. The lowest BCUT2D eigenvalue weighted by Gasteiger charge is -2.31. The number of anilines is 1. The van der Waals surface area contributed by atoms with Crippen molar-refractivity contribution in [3.8, 4) is 11.5 Å². The van der Waals surface area contributed by atoms with Gasteiger partial charge in [0.25, 0.3) is 0 Å². The third kappa shape index (κ3) is 4.51. The average Bonchev–Trinajstić information content (AvgIpc) is 3.34. The first kappa shape index (κ1) is 20.0. The number of fused-ring (bicyclic) bond motifs is 1. The molecule has 1 aromatic carbocycles. The molecule has 0 radical (unpaired) electrons. The highest BCUT2D eigenvalue weighted by Crippen LogP contribution is 2.34. The van der Waals surface area contributed by atoms with Crippen LogP contribution in [0.5, 0.6) is 11.5 Å². The minimum absolute atomic E-state index is 0.0244. The van der Waals surface area contributed by atoms with Crippen LogP contribution < -0.4 is 14.8 Å². The summed E-state index contributed by atoms with van der Waals surface area (Å²) < 4.78 is 12.9. The maximum absolute atomic E-state index is 12.6. The van der Waals surface area contributed by atoms with Crippen molar-refractivity contribution < 1.29 is 14.3 Å². The van der Waals surface area contributed by atoms with Crippen molar-refractivity contribution in [3.05, 3.63) is 24.0 Å². The fourth-order valence-corrected chi connectivity index (χ4v) is 4.66. The van der Waals surface area contributed by atoms with Crippen LogP contribution in [-0.4, -0.2) is 57.8 Å². The van der Waals surface area contributed by atoms with Crippen LogP contribution in [-0.2, 0) is 11.3 Å². The summed E-state index contributed by atoms with van der Waals surface area (Å²) in [7, 11) is 0. The number of hydrogen-bond donors (Lipinski definition) is 1. The SMILES string of the molecule is CCSc1nnc([C@@H]2CCCN(CC(=O)Nc3ccc4c(c3)OCO4)C2)n1CC. The quantitative estimate of drug-likeness (QED) is 0.694. The van der Waals surface area contributed by atoms with Crippen molar-refractivity contribution in [2.75, 3.05) is 37.5 Å². The lowest BCUT2D eigenvalue weighted by atomic mass is 9.97. The molecular formula is C20H27N5O3S. The molecule has 0 saturated carbocycles.